The topological polar surface area (TPSA) is 0 Å². The van der Waals surface area contributed by atoms with Crippen molar-refractivity contribution in [3.63, 3.8) is 0 Å². The van der Waals surface area contributed by atoms with Crippen LogP contribution in [0.2, 0.25) is 18.1 Å². The van der Waals surface area contributed by atoms with Crippen LogP contribution in [-0.4, -0.2) is 12.7 Å². The summed E-state index contributed by atoms with van der Waals surface area (Å²) in [5, 5.41) is 0. The highest BCUT2D eigenvalue weighted by molar-refractivity contribution is 7.65. The summed E-state index contributed by atoms with van der Waals surface area (Å²) in [5.41, 5.74) is 0.144. The van der Waals surface area contributed by atoms with Gasteiger partial charge in [-0.3, -0.25) is 0 Å². The molecule has 1 unspecified atom stereocenters. The summed E-state index contributed by atoms with van der Waals surface area (Å²) in [7, 11) is 0. The van der Waals surface area contributed by atoms with Crippen LogP contribution < -0.4 is 0 Å². The molecule has 0 spiro atoms. The van der Waals surface area contributed by atoms with E-state index in [0.717, 1.165) is 0 Å². The average Bonchev–Trinajstić information content (AvgIpc) is 1.56. The van der Waals surface area contributed by atoms with E-state index in [-0.39, 0.29) is 5.54 Å². The quantitative estimate of drug-likeness (QED) is 0.527. The Morgan fingerprint density at radius 1 is 1.09 bits per heavy atom. The zero-order valence-corrected chi connectivity index (χ0v) is 12.0. The van der Waals surface area contributed by atoms with Gasteiger partial charge in [-0.05, 0) is 18.1 Å². The van der Waals surface area contributed by atoms with Gasteiger partial charge in [0.2, 0.25) is 0 Å². The smallest absolute Gasteiger partial charge is 0.146 e. The minimum absolute atomic E-state index is 0.144. The van der Waals surface area contributed by atoms with Crippen molar-refractivity contribution in [3.8, 4) is 0 Å². The fraction of sp³-hybridized carbons (Fsp3) is 1.00. The first-order valence-corrected chi connectivity index (χ1v) is 12.9. The average molecular weight is 291 g/mol. The molecule has 0 aromatic carbocycles. The number of hydrogen-bond donors (Lipinski definition) is 0. The van der Waals surface area contributed by atoms with E-state index in [2.05, 4.69) is 0 Å². The lowest BCUT2D eigenvalue weighted by molar-refractivity contribution is 1.04. The molecular formula is C4H9Cl5Si2. The van der Waals surface area contributed by atoms with Crippen LogP contribution in [0.25, 0.3) is 0 Å². The van der Waals surface area contributed by atoms with E-state index in [1.165, 1.54) is 0 Å². The lowest BCUT2D eigenvalue weighted by Gasteiger charge is -2.21. The van der Waals surface area contributed by atoms with Crippen molar-refractivity contribution in [2.75, 3.05) is 0 Å². The van der Waals surface area contributed by atoms with Crippen LogP contribution in [0.5, 0.6) is 0 Å². The van der Waals surface area contributed by atoms with Crippen LogP contribution in [0.4, 0.5) is 0 Å². The van der Waals surface area contributed by atoms with Gasteiger partial charge in [0.1, 0.15) is 0 Å². The summed E-state index contributed by atoms with van der Waals surface area (Å²) in [6, 6.07) is -2.00. The molecule has 0 radical (unpaired) electrons. The van der Waals surface area contributed by atoms with Gasteiger partial charge in [-0.15, -0.1) is 55.4 Å². The Kier molecular flexibility index (Phi) is 5.16. The minimum atomic E-state index is -2.55. The fourth-order valence-electron chi connectivity index (χ4n) is 0.526. The molecule has 0 N–H and O–H groups in total. The molecule has 11 heavy (non-hydrogen) atoms. The van der Waals surface area contributed by atoms with Crippen LogP contribution in [0.1, 0.15) is 6.92 Å². The molecule has 0 aliphatic heterocycles. The molecule has 0 aliphatic carbocycles. The first-order valence-electron chi connectivity index (χ1n) is 3.07. The van der Waals surface area contributed by atoms with Crippen molar-refractivity contribution < 1.29 is 0 Å². The van der Waals surface area contributed by atoms with Gasteiger partial charge in [0.15, 0.2) is 0 Å². The maximum absolute atomic E-state index is 5.94. The van der Waals surface area contributed by atoms with Crippen LogP contribution in [0.15, 0.2) is 0 Å². The molecule has 0 aromatic heterocycles. The second-order valence-corrected chi connectivity index (χ2v) is 20.1. The summed E-state index contributed by atoms with van der Waals surface area (Å²) in [5.74, 6) is 0. The maximum atomic E-state index is 5.94. The molecule has 0 fully saturated rings. The minimum Gasteiger partial charge on any atom is -0.146 e. The summed E-state index contributed by atoms with van der Waals surface area (Å²) in [4.78, 5) is 0. The van der Waals surface area contributed by atoms with Gasteiger partial charge in [-0.1, -0.05) is 6.92 Å². The molecule has 0 bridgehead atoms. The Hall–Kier alpha value is 1.88. The number of halogens is 5. The third-order valence-corrected chi connectivity index (χ3v) is 8.45. The van der Waals surface area contributed by atoms with Gasteiger partial charge in [0.05, 0.1) is 0 Å². The predicted octanol–water partition coefficient (Wildman–Crippen LogP) is 4.58. The van der Waals surface area contributed by atoms with Crippen molar-refractivity contribution >= 4 is 68.1 Å². The van der Waals surface area contributed by atoms with E-state index >= 15 is 0 Å². The normalized spacial score (nSPS) is 16.6. The van der Waals surface area contributed by atoms with Crippen LogP contribution in [0, 0.1) is 0 Å². The molecule has 0 heterocycles. The molecule has 0 nitrogen and oxygen atoms in total. The van der Waals surface area contributed by atoms with E-state index in [4.69, 9.17) is 55.4 Å². The Morgan fingerprint density at radius 3 is 1.55 bits per heavy atom. The monoisotopic (exact) mass is 288 g/mol. The zero-order valence-electron chi connectivity index (χ0n) is 6.17. The van der Waals surface area contributed by atoms with Crippen molar-refractivity contribution in [1.29, 1.82) is 0 Å². The van der Waals surface area contributed by atoms with Crippen LogP contribution >= 0.6 is 55.4 Å². The lowest BCUT2D eigenvalue weighted by Crippen LogP contribution is -2.25. The Balaban J connectivity index is 3.99. The molecule has 0 saturated heterocycles. The standard InChI is InChI=1S/C4H9Cl5Si2/c1-4(10(2,5)6)3-11(7,8)9/h4H,3H2,1-2H3. The first kappa shape index (κ1) is 12.9. The number of rotatable bonds is 3. The Labute approximate surface area is 92.6 Å². The molecule has 0 amide bonds. The molecule has 7 heteroatoms. The van der Waals surface area contributed by atoms with E-state index in [1.807, 2.05) is 13.5 Å². The molecular weight excluding hydrogens is 281 g/mol. The van der Waals surface area contributed by atoms with Gasteiger partial charge < -0.3 is 0 Å². The third kappa shape index (κ3) is 6.99. The van der Waals surface area contributed by atoms with E-state index in [0.29, 0.717) is 6.04 Å². The van der Waals surface area contributed by atoms with E-state index < -0.39 is 12.7 Å². The number of hydrogen-bond acceptors (Lipinski definition) is 0. The summed E-state index contributed by atoms with van der Waals surface area (Å²) in [6.45, 7) is 1.63. The molecule has 0 rings (SSSR count). The Bertz CT molecular complexity index is 125. The largest absolute Gasteiger partial charge is 0.341 e. The molecule has 0 aromatic rings. The van der Waals surface area contributed by atoms with E-state index in [9.17, 15) is 0 Å². The third-order valence-electron chi connectivity index (χ3n) is 1.40. The van der Waals surface area contributed by atoms with Crippen molar-refractivity contribution in [2.24, 2.45) is 0 Å². The summed E-state index contributed by atoms with van der Waals surface area (Å²) >= 11 is 29.0. The highest BCUT2D eigenvalue weighted by Gasteiger charge is 2.37. The van der Waals surface area contributed by atoms with Gasteiger partial charge in [-0.25, -0.2) is 0 Å². The predicted molar refractivity (Wildman–Crippen MR) is 60.9 cm³/mol. The van der Waals surface area contributed by atoms with Gasteiger partial charge in [-0.2, -0.15) is 0 Å². The molecule has 68 valence electrons. The van der Waals surface area contributed by atoms with Crippen LogP contribution in [-0.2, 0) is 0 Å². The summed E-state index contributed by atoms with van der Waals surface area (Å²) in [6.07, 6.45) is 0. The molecule has 0 saturated carbocycles. The van der Waals surface area contributed by atoms with Gasteiger partial charge in [0, 0.05) is 0 Å². The second kappa shape index (κ2) is 4.40. The molecule has 1 atom stereocenters. The SMILES string of the molecule is CC(C[Si](Cl)(Cl)Cl)[Si](C)(Cl)Cl. The summed E-state index contributed by atoms with van der Waals surface area (Å²) < 4.78 is 0. The maximum Gasteiger partial charge on any atom is 0.341 e. The molecule has 0 aliphatic rings. The van der Waals surface area contributed by atoms with Gasteiger partial charge >= 0.3 is 6.00 Å². The second-order valence-electron chi connectivity index (χ2n) is 2.68. The van der Waals surface area contributed by atoms with Gasteiger partial charge in [0.25, 0.3) is 6.69 Å². The fourth-order valence-corrected chi connectivity index (χ4v) is 8.21. The highest BCUT2D eigenvalue weighted by atomic mass is 35.8. The first-order chi connectivity index (χ1) is 4.63. The van der Waals surface area contributed by atoms with Crippen molar-refractivity contribution in [3.05, 3.63) is 0 Å². The van der Waals surface area contributed by atoms with Crippen molar-refractivity contribution in [2.45, 2.75) is 25.1 Å². The highest BCUT2D eigenvalue weighted by Crippen LogP contribution is 2.40. The lowest BCUT2D eigenvalue weighted by atomic mass is 10.6. The van der Waals surface area contributed by atoms with Crippen molar-refractivity contribution in [1.82, 2.24) is 0 Å². The zero-order chi connectivity index (χ0) is 9.28. The van der Waals surface area contributed by atoms with E-state index in [1.54, 1.807) is 0 Å². The Morgan fingerprint density at radius 2 is 1.45 bits per heavy atom. The van der Waals surface area contributed by atoms with Crippen LogP contribution in [0.3, 0.4) is 0 Å².